The lowest BCUT2D eigenvalue weighted by molar-refractivity contribution is 0.328. The fourth-order valence-corrected chi connectivity index (χ4v) is 1.17. The van der Waals surface area contributed by atoms with E-state index in [1.54, 1.807) is 6.20 Å². The van der Waals surface area contributed by atoms with Gasteiger partial charge in [-0.25, -0.2) is 4.68 Å². The number of hydrogen-bond donors (Lipinski definition) is 2. The highest BCUT2D eigenvalue weighted by molar-refractivity contribution is 5.38. The van der Waals surface area contributed by atoms with E-state index >= 15 is 0 Å². The summed E-state index contributed by atoms with van der Waals surface area (Å²) in [5.74, 6) is 0.692. The summed E-state index contributed by atoms with van der Waals surface area (Å²) in [6, 6.07) is 0. The third kappa shape index (κ3) is 2.45. The monoisotopic (exact) mass is 182 g/mol. The summed E-state index contributed by atoms with van der Waals surface area (Å²) in [4.78, 5) is 0. The van der Waals surface area contributed by atoms with Crippen LogP contribution in [0.5, 0.6) is 0 Å². The van der Waals surface area contributed by atoms with Crippen LogP contribution in [0.3, 0.4) is 0 Å². The third-order valence-electron chi connectivity index (χ3n) is 1.80. The van der Waals surface area contributed by atoms with Crippen molar-refractivity contribution in [2.24, 2.45) is 11.1 Å². The Morgan fingerprint density at radius 2 is 2.08 bits per heavy atom. The van der Waals surface area contributed by atoms with E-state index in [4.69, 9.17) is 11.5 Å². The van der Waals surface area contributed by atoms with Gasteiger partial charge in [-0.1, -0.05) is 20.8 Å². The quantitative estimate of drug-likeness (QED) is 0.716. The zero-order valence-corrected chi connectivity index (χ0v) is 8.54. The molecular formula is C9H18N4. The van der Waals surface area contributed by atoms with Crippen molar-refractivity contribution in [2.45, 2.75) is 33.9 Å². The second-order valence-corrected chi connectivity index (χ2v) is 4.48. The first kappa shape index (κ1) is 10.1. The Labute approximate surface area is 78.9 Å². The Morgan fingerprint density at radius 3 is 2.46 bits per heavy atom. The molecule has 4 heteroatoms. The van der Waals surface area contributed by atoms with Crippen molar-refractivity contribution in [1.29, 1.82) is 0 Å². The van der Waals surface area contributed by atoms with Crippen LogP contribution in [0.25, 0.3) is 0 Å². The van der Waals surface area contributed by atoms with E-state index < -0.39 is 0 Å². The minimum atomic E-state index is 0.187. The van der Waals surface area contributed by atoms with Crippen LogP contribution in [0.4, 0.5) is 5.82 Å². The first-order chi connectivity index (χ1) is 5.94. The molecule has 0 spiro atoms. The van der Waals surface area contributed by atoms with Gasteiger partial charge in [0.25, 0.3) is 0 Å². The van der Waals surface area contributed by atoms with E-state index in [9.17, 15) is 0 Å². The topological polar surface area (TPSA) is 69.9 Å². The van der Waals surface area contributed by atoms with Crippen molar-refractivity contribution in [3.8, 4) is 0 Å². The molecule has 0 amide bonds. The summed E-state index contributed by atoms with van der Waals surface area (Å²) >= 11 is 0. The lowest BCUT2D eigenvalue weighted by atomic mass is 9.97. The lowest BCUT2D eigenvalue weighted by Crippen LogP contribution is -2.18. The zero-order chi connectivity index (χ0) is 10.1. The number of nitrogens with two attached hydrogens (primary N) is 2. The fraction of sp³-hybridized carbons (Fsp3) is 0.667. The molecule has 1 rings (SSSR count). The molecule has 1 aromatic rings. The van der Waals surface area contributed by atoms with Gasteiger partial charge in [0.05, 0.1) is 6.20 Å². The van der Waals surface area contributed by atoms with Gasteiger partial charge in [-0.15, -0.1) is 0 Å². The van der Waals surface area contributed by atoms with Gasteiger partial charge >= 0.3 is 0 Å². The standard InChI is InChI=1S/C9H18N4/c1-9(2,3)6-13-8(11)7(4-10)5-12-13/h5H,4,6,10-11H2,1-3H3. The number of anilines is 1. The average molecular weight is 182 g/mol. The first-order valence-corrected chi connectivity index (χ1v) is 4.44. The summed E-state index contributed by atoms with van der Waals surface area (Å²) in [5, 5.41) is 4.18. The molecule has 0 radical (unpaired) electrons. The first-order valence-electron chi connectivity index (χ1n) is 4.44. The number of aromatic nitrogens is 2. The third-order valence-corrected chi connectivity index (χ3v) is 1.80. The molecule has 4 N–H and O–H groups in total. The van der Waals surface area contributed by atoms with Crippen LogP contribution in [-0.2, 0) is 13.1 Å². The molecule has 0 bridgehead atoms. The van der Waals surface area contributed by atoms with Gasteiger partial charge in [0.1, 0.15) is 5.82 Å². The van der Waals surface area contributed by atoms with Gasteiger partial charge in [0.2, 0.25) is 0 Å². The number of hydrogen-bond acceptors (Lipinski definition) is 3. The van der Waals surface area contributed by atoms with E-state index in [0.717, 1.165) is 12.1 Å². The summed E-state index contributed by atoms with van der Waals surface area (Å²) < 4.78 is 1.81. The van der Waals surface area contributed by atoms with Crippen LogP contribution >= 0.6 is 0 Å². The molecule has 0 unspecified atom stereocenters. The Hall–Kier alpha value is -1.03. The van der Waals surface area contributed by atoms with Gasteiger partial charge in [-0.2, -0.15) is 5.10 Å². The SMILES string of the molecule is CC(C)(C)Cn1ncc(CN)c1N. The van der Waals surface area contributed by atoms with E-state index in [2.05, 4.69) is 25.9 Å². The van der Waals surface area contributed by atoms with Crippen molar-refractivity contribution in [1.82, 2.24) is 9.78 Å². The predicted octanol–water partition coefficient (Wildman–Crippen LogP) is 0.970. The molecule has 0 aromatic carbocycles. The maximum Gasteiger partial charge on any atom is 0.126 e. The van der Waals surface area contributed by atoms with Gasteiger partial charge in [-0.3, -0.25) is 0 Å². The number of rotatable bonds is 2. The molecule has 0 saturated heterocycles. The smallest absolute Gasteiger partial charge is 0.126 e. The number of nitrogens with zero attached hydrogens (tertiary/aromatic N) is 2. The van der Waals surface area contributed by atoms with Crippen LogP contribution in [0.15, 0.2) is 6.20 Å². The molecule has 0 saturated carbocycles. The molecule has 0 aliphatic heterocycles. The molecule has 0 fully saturated rings. The molecule has 74 valence electrons. The molecule has 4 nitrogen and oxygen atoms in total. The van der Waals surface area contributed by atoms with Crippen LogP contribution in [0, 0.1) is 5.41 Å². The van der Waals surface area contributed by atoms with E-state index in [-0.39, 0.29) is 5.41 Å². The largest absolute Gasteiger partial charge is 0.384 e. The molecule has 1 aromatic heterocycles. The van der Waals surface area contributed by atoms with Crippen LogP contribution in [0.1, 0.15) is 26.3 Å². The van der Waals surface area contributed by atoms with Gasteiger partial charge in [0, 0.05) is 18.7 Å². The second-order valence-electron chi connectivity index (χ2n) is 4.48. The normalized spacial score (nSPS) is 12.0. The summed E-state index contributed by atoms with van der Waals surface area (Å²) in [6.45, 7) is 7.72. The van der Waals surface area contributed by atoms with E-state index in [0.29, 0.717) is 12.4 Å². The minimum absolute atomic E-state index is 0.187. The van der Waals surface area contributed by atoms with Gasteiger partial charge in [0.15, 0.2) is 0 Å². The maximum atomic E-state index is 5.84. The minimum Gasteiger partial charge on any atom is -0.384 e. The molecular weight excluding hydrogens is 164 g/mol. The Kier molecular flexibility index (Phi) is 2.61. The van der Waals surface area contributed by atoms with Crippen LogP contribution in [0.2, 0.25) is 0 Å². The Balaban J connectivity index is 2.84. The second kappa shape index (κ2) is 3.38. The van der Waals surface area contributed by atoms with Crippen molar-refractivity contribution in [2.75, 3.05) is 5.73 Å². The lowest BCUT2D eigenvalue weighted by Gasteiger charge is -2.18. The molecule has 0 aliphatic rings. The summed E-state index contributed by atoms with van der Waals surface area (Å²) in [5.41, 5.74) is 12.4. The van der Waals surface area contributed by atoms with E-state index in [1.807, 2.05) is 4.68 Å². The highest BCUT2D eigenvalue weighted by Gasteiger charge is 2.14. The number of nitrogen functional groups attached to an aromatic ring is 1. The average Bonchev–Trinajstić information content (AvgIpc) is 2.30. The molecule has 0 atom stereocenters. The van der Waals surface area contributed by atoms with Crippen molar-refractivity contribution in [3.05, 3.63) is 11.8 Å². The van der Waals surface area contributed by atoms with Crippen LogP contribution < -0.4 is 11.5 Å². The van der Waals surface area contributed by atoms with E-state index in [1.165, 1.54) is 0 Å². The highest BCUT2D eigenvalue weighted by Crippen LogP contribution is 2.19. The highest BCUT2D eigenvalue weighted by atomic mass is 15.3. The van der Waals surface area contributed by atoms with Gasteiger partial charge in [-0.05, 0) is 5.41 Å². The Bertz CT molecular complexity index is 282. The fourth-order valence-electron chi connectivity index (χ4n) is 1.17. The summed E-state index contributed by atoms with van der Waals surface area (Å²) in [7, 11) is 0. The maximum absolute atomic E-state index is 5.84. The van der Waals surface area contributed by atoms with Gasteiger partial charge < -0.3 is 11.5 Å². The molecule has 1 heterocycles. The van der Waals surface area contributed by atoms with Crippen molar-refractivity contribution >= 4 is 5.82 Å². The molecule has 0 aliphatic carbocycles. The van der Waals surface area contributed by atoms with Crippen LogP contribution in [-0.4, -0.2) is 9.78 Å². The zero-order valence-electron chi connectivity index (χ0n) is 8.54. The van der Waals surface area contributed by atoms with Crippen molar-refractivity contribution < 1.29 is 0 Å². The summed E-state index contributed by atoms with van der Waals surface area (Å²) in [6.07, 6.45) is 1.74. The predicted molar refractivity (Wildman–Crippen MR) is 54.0 cm³/mol. The van der Waals surface area contributed by atoms with Crippen molar-refractivity contribution in [3.63, 3.8) is 0 Å². The Morgan fingerprint density at radius 1 is 1.46 bits per heavy atom. The molecule has 13 heavy (non-hydrogen) atoms.